The number of ketones is 1. The molecule has 0 fully saturated rings. The topological polar surface area (TPSA) is 78.9 Å². The first-order valence-corrected chi connectivity index (χ1v) is 11.8. The molecule has 0 aliphatic rings. The molecular formula is C27H31F3O6. The Morgan fingerprint density at radius 2 is 1.42 bits per heavy atom. The van der Waals surface area contributed by atoms with E-state index in [2.05, 4.69) is 0 Å². The number of ether oxygens (including phenoxy) is 3. The number of halogens is 3. The lowest BCUT2D eigenvalue weighted by atomic mass is 9.88. The first-order chi connectivity index (χ1) is 17.0. The zero-order valence-electron chi connectivity index (χ0n) is 20.8. The van der Waals surface area contributed by atoms with Crippen molar-refractivity contribution in [3.05, 3.63) is 64.7 Å². The molecule has 0 radical (unpaired) electrons. The fourth-order valence-corrected chi connectivity index (χ4v) is 3.79. The van der Waals surface area contributed by atoms with Crippen LogP contribution in [0.3, 0.4) is 0 Å². The van der Waals surface area contributed by atoms with Crippen LogP contribution >= 0.6 is 0 Å². The van der Waals surface area contributed by atoms with E-state index in [1.807, 2.05) is 6.92 Å². The van der Waals surface area contributed by atoms with Crippen molar-refractivity contribution in [3.8, 4) is 5.75 Å². The molecule has 2 aromatic carbocycles. The lowest BCUT2D eigenvalue weighted by Gasteiger charge is -2.18. The Balaban J connectivity index is 2.40. The van der Waals surface area contributed by atoms with Crippen molar-refractivity contribution in [1.29, 1.82) is 0 Å². The number of carbonyl (C=O) groups is 3. The fraction of sp³-hybridized carbons (Fsp3) is 0.444. The summed E-state index contributed by atoms with van der Waals surface area (Å²) in [6, 6.07) is 9.17. The fourth-order valence-electron chi connectivity index (χ4n) is 3.79. The SMILES string of the molecule is CCOC(=O)C(CC)Cc1ccc(OC)c(C(=O)C(Cc2ccc(C(F)(F)F)cc2)C(=O)OCC)c1. The van der Waals surface area contributed by atoms with Gasteiger partial charge in [-0.3, -0.25) is 14.4 Å². The Morgan fingerprint density at radius 1 is 0.833 bits per heavy atom. The summed E-state index contributed by atoms with van der Waals surface area (Å²) in [7, 11) is 1.38. The maximum absolute atomic E-state index is 13.6. The molecule has 0 aromatic heterocycles. The van der Waals surface area contributed by atoms with E-state index in [1.165, 1.54) is 19.2 Å². The summed E-state index contributed by atoms with van der Waals surface area (Å²) in [6.07, 6.45) is -3.79. The van der Waals surface area contributed by atoms with E-state index in [0.29, 0.717) is 24.0 Å². The highest BCUT2D eigenvalue weighted by Gasteiger charge is 2.33. The van der Waals surface area contributed by atoms with Gasteiger partial charge < -0.3 is 14.2 Å². The summed E-state index contributed by atoms with van der Waals surface area (Å²) in [5.74, 6) is -3.18. The highest BCUT2D eigenvalue weighted by Crippen LogP contribution is 2.31. The third-order valence-corrected chi connectivity index (χ3v) is 5.73. The first kappa shape index (κ1) is 28.9. The standard InChI is InChI=1S/C27H31F3O6/c1-5-19(25(32)35-6-2)14-18-10-13-23(34-4)21(16-18)24(31)22(26(33)36-7-3)15-17-8-11-20(12-9-17)27(28,29)30/h8-13,16,19,22H,5-7,14-15H2,1-4H3. The first-order valence-electron chi connectivity index (χ1n) is 11.8. The second-order valence-electron chi connectivity index (χ2n) is 8.16. The molecule has 2 aromatic rings. The van der Waals surface area contributed by atoms with Crippen LogP contribution in [-0.2, 0) is 38.1 Å². The lowest BCUT2D eigenvalue weighted by molar-refractivity contribution is -0.148. The van der Waals surface area contributed by atoms with E-state index in [-0.39, 0.29) is 36.9 Å². The van der Waals surface area contributed by atoms with Crippen molar-refractivity contribution in [2.24, 2.45) is 11.8 Å². The quantitative estimate of drug-likeness (QED) is 0.216. The number of benzene rings is 2. The molecule has 6 nitrogen and oxygen atoms in total. The molecule has 0 bridgehead atoms. The molecule has 2 rings (SSSR count). The summed E-state index contributed by atoms with van der Waals surface area (Å²) in [5, 5.41) is 0. The lowest BCUT2D eigenvalue weighted by Crippen LogP contribution is -2.29. The highest BCUT2D eigenvalue weighted by atomic mass is 19.4. The van der Waals surface area contributed by atoms with Crippen LogP contribution in [0, 0.1) is 11.8 Å². The molecule has 0 saturated heterocycles. The molecular weight excluding hydrogens is 477 g/mol. The Morgan fingerprint density at radius 3 is 1.94 bits per heavy atom. The molecule has 2 atom stereocenters. The monoisotopic (exact) mass is 508 g/mol. The third-order valence-electron chi connectivity index (χ3n) is 5.73. The van der Waals surface area contributed by atoms with E-state index in [4.69, 9.17) is 14.2 Å². The Kier molecular flexibility index (Phi) is 10.5. The van der Waals surface area contributed by atoms with E-state index in [9.17, 15) is 27.6 Å². The molecule has 9 heteroatoms. The van der Waals surface area contributed by atoms with Gasteiger partial charge in [-0.05, 0) is 68.5 Å². The number of esters is 2. The summed E-state index contributed by atoms with van der Waals surface area (Å²) in [4.78, 5) is 38.5. The van der Waals surface area contributed by atoms with Gasteiger partial charge in [0, 0.05) is 0 Å². The van der Waals surface area contributed by atoms with E-state index in [1.54, 1.807) is 32.0 Å². The van der Waals surface area contributed by atoms with Gasteiger partial charge in [0.25, 0.3) is 0 Å². The smallest absolute Gasteiger partial charge is 0.416 e. The van der Waals surface area contributed by atoms with Crippen molar-refractivity contribution in [3.63, 3.8) is 0 Å². The van der Waals surface area contributed by atoms with Crippen LogP contribution in [0.2, 0.25) is 0 Å². The number of alkyl halides is 3. The maximum Gasteiger partial charge on any atom is 0.416 e. The Hall–Kier alpha value is -3.36. The third kappa shape index (κ3) is 7.57. The van der Waals surface area contributed by atoms with Gasteiger partial charge in [0.1, 0.15) is 11.7 Å². The summed E-state index contributed by atoms with van der Waals surface area (Å²) >= 11 is 0. The summed E-state index contributed by atoms with van der Waals surface area (Å²) in [6.45, 7) is 5.47. The minimum Gasteiger partial charge on any atom is -0.496 e. The summed E-state index contributed by atoms with van der Waals surface area (Å²) < 4.78 is 54.3. The molecule has 0 N–H and O–H groups in total. The Labute approximate surface area is 208 Å². The second kappa shape index (κ2) is 13.1. The van der Waals surface area contributed by atoms with Crippen LogP contribution < -0.4 is 4.74 Å². The average molecular weight is 509 g/mol. The van der Waals surface area contributed by atoms with E-state index in [0.717, 1.165) is 12.1 Å². The minimum atomic E-state index is -4.50. The Bertz CT molecular complexity index is 1050. The van der Waals surface area contributed by atoms with Crippen LogP contribution in [0.15, 0.2) is 42.5 Å². The van der Waals surface area contributed by atoms with Crippen LogP contribution in [0.5, 0.6) is 5.75 Å². The highest BCUT2D eigenvalue weighted by molar-refractivity contribution is 6.10. The van der Waals surface area contributed by atoms with E-state index >= 15 is 0 Å². The van der Waals surface area contributed by atoms with Gasteiger partial charge in [0.05, 0.1) is 37.4 Å². The van der Waals surface area contributed by atoms with Crippen LogP contribution in [0.25, 0.3) is 0 Å². The van der Waals surface area contributed by atoms with Crippen molar-refractivity contribution < 1.29 is 41.8 Å². The molecule has 36 heavy (non-hydrogen) atoms. The zero-order chi connectivity index (χ0) is 26.9. The average Bonchev–Trinajstić information content (AvgIpc) is 2.85. The van der Waals surface area contributed by atoms with Crippen LogP contribution in [0.4, 0.5) is 13.2 Å². The molecule has 0 heterocycles. The van der Waals surface area contributed by atoms with Crippen molar-refractivity contribution in [2.45, 2.75) is 46.2 Å². The van der Waals surface area contributed by atoms with Gasteiger partial charge in [-0.2, -0.15) is 13.2 Å². The van der Waals surface area contributed by atoms with Gasteiger partial charge in [-0.25, -0.2) is 0 Å². The van der Waals surface area contributed by atoms with Gasteiger partial charge in [0.15, 0.2) is 5.78 Å². The maximum atomic E-state index is 13.6. The molecule has 196 valence electrons. The molecule has 0 amide bonds. The predicted octanol–water partition coefficient (Wildman–Crippen LogP) is 5.45. The molecule has 0 aliphatic heterocycles. The zero-order valence-corrected chi connectivity index (χ0v) is 20.8. The predicted molar refractivity (Wildman–Crippen MR) is 127 cm³/mol. The normalized spacial score (nSPS) is 13.0. The number of Topliss-reactive ketones (excluding diaryl/α,β-unsaturated/α-hetero) is 1. The minimum absolute atomic E-state index is 0.0323. The number of hydrogen-bond donors (Lipinski definition) is 0. The number of methoxy groups -OCH3 is 1. The number of rotatable bonds is 12. The molecule has 0 saturated carbocycles. The molecule has 2 unspecified atom stereocenters. The van der Waals surface area contributed by atoms with Gasteiger partial charge in [-0.1, -0.05) is 25.1 Å². The number of carbonyl (C=O) groups excluding carboxylic acids is 3. The van der Waals surface area contributed by atoms with Crippen molar-refractivity contribution >= 4 is 17.7 Å². The second-order valence-corrected chi connectivity index (χ2v) is 8.16. The van der Waals surface area contributed by atoms with Crippen LogP contribution in [0.1, 0.15) is 54.2 Å². The van der Waals surface area contributed by atoms with Gasteiger partial charge >= 0.3 is 18.1 Å². The van der Waals surface area contributed by atoms with Crippen molar-refractivity contribution in [1.82, 2.24) is 0 Å². The number of hydrogen-bond acceptors (Lipinski definition) is 6. The van der Waals surface area contributed by atoms with E-state index < -0.39 is 35.3 Å². The van der Waals surface area contributed by atoms with Gasteiger partial charge in [0.2, 0.25) is 0 Å². The summed E-state index contributed by atoms with van der Waals surface area (Å²) in [5.41, 5.74) is 0.347. The van der Waals surface area contributed by atoms with Crippen LogP contribution in [-0.4, -0.2) is 38.0 Å². The molecule has 0 spiro atoms. The molecule has 0 aliphatic carbocycles. The van der Waals surface area contributed by atoms with Crippen molar-refractivity contribution in [2.75, 3.05) is 20.3 Å². The van der Waals surface area contributed by atoms with Gasteiger partial charge in [-0.15, -0.1) is 0 Å². The largest absolute Gasteiger partial charge is 0.496 e.